The van der Waals surface area contributed by atoms with Gasteiger partial charge in [0.2, 0.25) is 0 Å². The van der Waals surface area contributed by atoms with Crippen LogP contribution in [0.1, 0.15) is 76.2 Å². The fourth-order valence-corrected chi connectivity index (χ4v) is 5.82. The molecule has 1 spiro atoms. The Hall–Kier alpha value is -1.22. The van der Waals surface area contributed by atoms with Gasteiger partial charge < -0.3 is 10.0 Å². The van der Waals surface area contributed by atoms with Gasteiger partial charge in [0.25, 0.3) is 0 Å². The van der Waals surface area contributed by atoms with Gasteiger partial charge in [-0.15, -0.1) is 0 Å². The average molecular weight is 404 g/mol. The van der Waals surface area contributed by atoms with Gasteiger partial charge in [0.05, 0.1) is 10.7 Å². The molecule has 3 fully saturated rings. The van der Waals surface area contributed by atoms with E-state index in [9.17, 15) is 4.79 Å². The van der Waals surface area contributed by atoms with E-state index in [1.807, 2.05) is 0 Å². The number of halogens is 1. The third kappa shape index (κ3) is 4.67. The summed E-state index contributed by atoms with van der Waals surface area (Å²) < 4.78 is 0. The third-order valence-electron chi connectivity index (χ3n) is 7.86. The van der Waals surface area contributed by atoms with Crippen molar-refractivity contribution in [3.05, 3.63) is 28.8 Å². The maximum absolute atomic E-state index is 10.8. The maximum Gasteiger partial charge on any atom is 0.303 e. The Morgan fingerprint density at radius 3 is 2.39 bits per heavy atom. The minimum atomic E-state index is -0.648. The molecule has 1 aromatic carbocycles. The molecule has 2 aliphatic carbocycles. The zero-order valence-electron chi connectivity index (χ0n) is 17.0. The van der Waals surface area contributed by atoms with E-state index in [2.05, 4.69) is 23.1 Å². The molecule has 1 heterocycles. The lowest BCUT2D eigenvalue weighted by atomic mass is 9.65. The van der Waals surface area contributed by atoms with Gasteiger partial charge in [-0.2, -0.15) is 0 Å². The molecule has 4 heteroatoms. The number of piperidine rings is 1. The van der Waals surface area contributed by atoms with Crippen LogP contribution >= 0.6 is 11.6 Å². The first-order chi connectivity index (χ1) is 13.5. The second-order valence-corrected chi connectivity index (χ2v) is 10.1. The van der Waals surface area contributed by atoms with Crippen molar-refractivity contribution in [1.82, 2.24) is 0 Å². The minimum Gasteiger partial charge on any atom is -0.481 e. The van der Waals surface area contributed by atoms with Gasteiger partial charge in [-0.1, -0.05) is 36.9 Å². The number of carboxylic acid groups (broad SMARTS) is 1. The average Bonchev–Trinajstić information content (AvgIpc) is 2.66. The van der Waals surface area contributed by atoms with Crippen LogP contribution in [0.25, 0.3) is 0 Å². The summed E-state index contributed by atoms with van der Waals surface area (Å²) in [5.41, 5.74) is 3.18. The number of carboxylic acids is 1. The second kappa shape index (κ2) is 8.65. The summed E-state index contributed by atoms with van der Waals surface area (Å²) in [6.45, 7) is 2.21. The van der Waals surface area contributed by atoms with E-state index in [0.29, 0.717) is 17.8 Å². The van der Waals surface area contributed by atoms with Gasteiger partial charge in [-0.3, -0.25) is 4.79 Å². The predicted octanol–water partition coefficient (Wildman–Crippen LogP) is 6.32. The summed E-state index contributed by atoms with van der Waals surface area (Å²) in [5, 5.41) is 9.81. The molecule has 1 saturated heterocycles. The highest BCUT2D eigenvalue weighted by Crippen LogP contribution is 2.48. The van der Waals surface area contributed by atoms with Crippen LogP contribution in [-0.4, -0.2) is 24.2 Å². The molecule has 3 nitrogen and oxygen atoms in total. The van der Waals surface area contributed by atoms with E-state index >= 15 is 0 Å². The number of benzene rings is 1. The van der Waals surface area contributed by atoms with Gasteiger partial charge >= 0.3 is 5.97 Å². The molecule has 2 saturated carbocycles. The standard InChI is InChI=1S/C24H34ClNO2/c25-21-6-4-20(16-19-2-1-3-19)17-22(21)26-14-12-24(13-15-26)10-8-18(9-11-24)5-7-23(27)28/h4,6,17-19H,1-3,5,7-16H2,(H,27,28). The second-order valence-electron chi connectivity index (χ2n) is 9.65. The van der Waals surface area contributed by atoms with E-state index in [1.165, 1.54) is 75.5 Å². The number of carbonyl (C=O) groups is 1. The smallest absolute Gasteiger partial charge is 0.303 e. The highest BCUT2D eigenvalue weighted by atomic mass is 35.5. The highest BCUT2D eigenvalue weighted by molar-refractivity contribution is 6.33. The van der Waals surface area contributed by atoms with Crippen molar-refractivity contribution >= 4 is 23.3 Å². The van der Waals surface area contributed by atoms with E-state index in [0.717, 1.165) is 30.5 Å². The number of anilines is 1. The first-order valence-electron chi connectivity index (χ1n) is 11.3. The Morgan fingerprint density at radius 2 is 1.79 bits per heavy atom. The molecule has 1 aliphatic heterocycles. The molecule has 0 aromatic heterocycles. The number of aliphatic carboxylic acids is 1. The van der Waals surface area contributed by atoms with E-state index in [4.69, 9.17) is 16.7 Å². The first-order valence-corrected chi connectivity index (χ1v) is 11.7. The van der Waals surface area contributed by atoms with Crippen LogP contribution in [0.5, 0.6) is 0 Å². The topological polar surface area (TPSA) is 40.5 Å². The molecule has 1 N–H and O–H groups in total. The summed E-state index contributed by atoms with van der Waals surface area (Å²) in [6, 6.07) is 6.67. The van der Waals surface area contributed by atoms with Crippen LogP contribution in [0, 0.1) is 17.3 Å². The van der Waals surface area contributed by atoms with Crippen LogP contribution in [0.4, 0.5) is 5.69 Å². The Morgan fingerprint density at radius 1 is 1.07 bits per heavy atom. The normalized spacial score (nSPS) is 23.0. The minimum absolute atomic E-state index is 0.334. The molecule has 0 bridgehead atoms. The van der Waals surface area contributed by atoms with Crippen LogP contribution in [0.15, 0.2) is 18.2 Å². The summed E-state index contributed by atoms with van der Waals surface area (Å²) in [4.78, 5) is 13.3. The number of rotatable bonds is 6. The van der Waals surface area contributed by atoms with Crippen LogP contribution < -0.4 is 4.90 Å². The van der Waals surface area contributed by atoms with Crippen molar-refractivity contribution in [1.29, 1.82) is 0 Å². The summed E-state index contributed by atoms with van der Waals surface area (Å²) >= 11 is 6.58. The lowest BCUT2D eigenvalue weighted by Crippen LogP contribution is -2.42. The third-order valence-corrected chi connectivity index (χ3v) is 8.18. The zero-order valence-corrected chi connectivity index (χ0v) is 17.7. The predicted molar refractivity (Wildman–Crippen MR) is 115 cm³/mol. The Balaban J connectivity index is 1.32. The van der Waals surface area contributed by atoms with E-state index in [1.54, 1.807) is 0 Å². The van der Waals surface area contributed by atoms with Gasteiger partial charge in [0, 0.05) is 19.5 Å². The fourth-order valence-electron chi connectivity index (χ4n) is 5.59. The molecule has 4 rings (SSSR count). The molecule has 0 amide bonds. The Labute approximate surface area is 174 Å². The van der Waals surface area contributed by atoms with Crippen LogP contribution in [-0.2, 0) is 11.2 Å². The summed E-state index contributed by atoms with van der Waals surface area (Å²) in [6.07, 6.45) is 14.1. The van der Waals surface area contributed by atoms with Gasteiger partial charge in [-0.25, -0.2) is 0 Å². The molecule has 28 heavy (non-hydrogen) atoms. The maximum atomic E-state index is 10.8. The summed E-state index contributed by atoms with van der Waals surface area (Å²) in [7, 11) is 0. The first kappa shape index (κ1) is 20.1. The monoisotopic (exact) mass is 403 g/mol. The molecule has 154 valence electrons. The van der Waals surface area contributed by atoms with Crippen LogP contribution in [0.2, 0.25) is 5.02 Å². The molecular formula is C24H34ClNO2. The zero-order chi connectivity index (χ0) is 19.6. The Kier molecular flexibility index (Phi) is 6.20. The quantitative estimate of drug-likeness (QED) is 0.603. The number of hydrogen-bond acceptors (Lipinski definition) is 2. The summed E-state index contributed by atoms with van der Waals surface area (Å²) in [5.74, 6) is 0.859. The SMILES string of the molecule is O=C(O)CCC1CCC2(CC1)CCN(c1cc(CC3CCC3)ccc1Cl)CC2. The lowest BCUT2D eigenvalue weighted by Gasteiger charge is -2.47. The van der Waals surface area contributed by atoms with Crippen molar-refractivity contribution < 1.29 is 9.90 Å². The molecule has 3 aliphatic rings. The fraction of sp³-hybridized carbons (Fsp3) is 0.708. The molecule has 0 radical (unpaired) electrons. The largest absolute Gasteiger partial charge is 0.481 e. The van der Waals surface area contributed by atoms with Gasteiger partial charge in [0.1, 0.15) is 0 Å². The van der Waals surface area contributed by atoms with Crippen molar-refractivity contribution in [3.8, 4) is 0 Å². The van der Waals surface area contributed by atoms with Crippen molar-refractivity contribution in [2.75, 3.05) is 18.0 Å². The molecule has 1 aromatic rings. The highest BCUT2D eigenvalue weighted by Gasteiger charge is 2.38. The van der Waals surface area contributed by atoms with E-state index in [-0.39, 0.29) is 0 Å². The van der Waals surface area contributed by atoms with Crippen LogP contribution in [0.3, 0.4) is 0 Å². The van der Waals surface area contributed by atoms with Crippen molar-refractivity contribution in [2.45, 2.75) is 77.0 Å². The van der Waals surface area contributed by atoms with Gasteiger partial charge in [-0.05, 0) is 86.3 Å². The molecule has 0 atom stereocenters. The number of hydrogen-bond donors (Lipinski definition) is 1. The molecular weight excluding hydrogens is 370 g/mol. The lowest BCUT2D eigenvalue weighted by molar-refractivity contribution is -0.137. The molecule has 0 unspecified atom stereocenters. The van der Waals surface area contributed by atoms with Crippen molar-refractivity contribution in [3.63, 3.8) is 0 Å². The van der Waals surface area contributed by atoms with Crippen molar-refractivity contribution in [2.24, 2.45) is 17.3 Å². The van der Waals surface area contributed by atoms with E-state index < -0.39 is 5.97 Å². The Bertz CT molecular complexity index is 682. The van der Waals surface area contributed by atoms with Gasteiger partial charge in [0.15, 0.2) is 0 Å². The number of nitrogens with zero attached hydrogens (tertiary/aromatic N) is 1.